The van der Waals surface area contributed by atoms with Gasteiger partial charge in [0.15, 0.2) is 0 Å². The summed E-state index contributed by atoms with van der Waals surface area (Å²) in [6, 6.07) is 0. The van der Waals surface area contributed by atoms with Crippen LogP contribution in [0.3, 0.4) is 0 Å². The Morgan fingerprint density at radius 2 is 0.909 bits per heavy atom. The number of quaternary nitrogens is 1. The summed E-state index contributed by atoms with van der Waals surface area (Å²) in [5.41, 5.74) is 0. The van der Waals surface area contributed by atoms with Crippen LogP contribution in [0.4, 0.5) is 3.89 Å². The number of nitrogens with zero attached hydrogens (tertiary/aromatic N) is 1. The van der Waals surface area contributed by atoms with Crippen LogP contribution in [0.2, 0.25) is 0 Å². The van der Waals surface area contributed by atoms with E-state index in [1.54, 1.807) is 0 Å². The highest BCUT2D eigenvalue weighted by molar-refractivity contribution is 7.83. The van der Waals surface area contributed by atoms with Crippen LogP contribution in [0.1, 0.15) is 79.1 Å². The third-order valence-electron chi connectivity index (χ3n) is 3.94. The van der Waals surface area contributed by atoms with Crippen molar-refractivity contribution in [2.45, 2.75) is 79.1 Å². The molecule has 0 rings (SSSR count). The monoisotopic (exact) mass is 341 g/mol. The first-order chi connectivity index (χ1) is 10.2. The predicted octanol–water partition coefficient (Wildman–Crippen LogP) is 4.16. The minimum Gasteiger partial charge on any atom is -0.324 e. The van der Waals surface area contributed by atoms with Gasteiger partial charge < -0.3 is 4.48 Å². The van der Waals surface area contributed by atoms with Crippen molar-refractivity contribution in [1.29, 1.82) is 0 Å². The zero-order valence-electron chi connectivity index (χ0n) is 15.1. The summed E-state index contributed by atoms with van der Waals surface area (Å²) in [6.45, 7) is 15.0. The van der Waals surface area contributed by atoms with E-state index in [1.807, 2.05) is 0 Å². The molecule has 0 saturated carbocycles. The Hall–Kier alpha value is -0.200. The lowest BCUT2D eigenvalue weighted by atomic mass is 10.1. The maximum atomic E-state index is 10.4. The Balaban J connectivity index is 0. The van der Waals surface area contributed by atoms with Crippen molar-refractivity contribution in [3.05, 3.63) is 0 Å². The van der Waals surface area contributed by atoms with Gasteiger partial charge in [-0.25, -0.2) is 5.14 Å². The number of halogens is 1. The molecule has 0 unspecified atom stereocenters. The molecule has 0 saturated heterocycles. The Kier molecular flexibility index (Phi) is 15.7. The molecule has 0 bridgehead atoms. The van der Waals surface area contributed by atoms with Gasteiger partial charge in [-0.2, -0.15) is 8.42 Å². The molecule has 0 spiro atoms. The van der Waals surface area contributed by atoms with Crippen molar-refractivity contribution in [2.75, 3.05) is 26.2 Å². The lowest BCUT2D eigenvalue weighted by Gasteiger charge is -2.39. The van der Waals surface area contributed by atoms with Gasteiger partial charge in [0.2, 0.25) is 0 Å². The van der Waals surface area contributed by atoms with Crippen molar-refractivity contribution in [2.24, 2.45) is 5.14 Å². The molecule has 0 heterocycles. The van der Waals surface area contributed by atoms with E-state index in [-0.39, 0.29) is 0 Å². The number of unbranched alkanes of at least 4 members (excludes halogenated alkanes) is 4. The highest BCUT2D eigenvalue weighted by Gasteiger charge is 2.24. The van der Waals surface area contributed by atoms with E-state index in [4.69, 9.17) is 8.42 Å². The van der Waals surface area contributed by atoms with Gasteiger partial charge >= 0.3 is 10.4 Å². The molecule has 0 radical (unpaired) electrons. The molecule has 0 fully saturated rings. The summed E-state index contributed by atoms with van der Waals surface area (Å²) in [5.74, 6) is 0. The average Bonchev–Trinajstić information content (AvgIpc) is 2.44. The molecule has 0 aromatic heterocycles. The standard InChI is InChI=1S/C16H36N.FH2NO2S/c1-5-9-13-17(14-10-6-2,15-11-7-3)16-12-8-4;1-5(2,3)4/h5-16H2,1-4H3;(H2,2,3,4)/q+1;. The van der Waals surface area contributed by atoms with Gasteiger partial charge in [-0.05, 0) is 25.7 Å². The SMILES string of the molecule is CCCC[N+](CCCC)(CCCC)CCCC.NS(=O)(=O)F. The van der Waals surface area contributed by atoms with Crippen molar-refractivity contribution in [3.8, 4) is 0 Å². The quantitative estimate of drug-likeness (QED) is 0.428. The first-order valence-corrected chi connectivity index (χ1v) is 10.3. The fourth-order valence-corrected chi connectivity index (χ4v) is 2.64. The van der Waals surface area contributed by atoms with E-state index in [2.05, 4.69) is 32.8 Å². The van der Waals surface area contributed by atoms with Crippen LogP contribution in [0.15, 0.2) is 0 Å². The second-order valence-electron chi connectivity index (χ2n) is 6.13. The van der Waals surface area contributed by atoms with Crippen LogP contribution in [-0.4, -0.2) is 39.1 Å². The zero-order valence-corrected chi connectivity index (χ0v) is 15.9. The highest BCUT2D eigenvalue weighted by Crippen LogP contribution is 2.16. The molecule has 0 aromatic carbocycles. The number of hydrogen-bond donors (Lipinski definition) is 1. The minimum absolute atomic E-state index is 1.35. The number of hydrogen-bond acceptors (Lipinski definition) is 2. The van der Waals surface area contributed by atoms with E-state index in [1.165, 1.54) is 82.0 Å². The van der Waals surface area contributed by atoms with Gasteiger partial charge in [0.25, 0.3) is 0 Å². The van der Waals surface area contributed by atoms with Gasteiger partial charge in [0.1, 0.15) is 0 Å². The van der Waals surface area contributed by atoms with E-state index < -0.39 is 10.4 Å². The smallest absolute Gasteiger partial charge is 0.324 e. The topological polar surface area (TPSA) is 60.2 Å². The normalized spacial score (nSPS) is 11.9. The average molecular weight is 342 g/mol. The maximum absolute atomic E-state index is 10.4. The van der Waals surface area contributed by atoms with Gasteiger partial charge in [-0.15, -0.1) is 0 Å². The summed E-state index contributed by atoms with van der Waals surface area (Å²) < 4.78 is 29.3. The van der Waals surface area contributed by atoms with Crippen LogP contribution >= 0.6 is 0 Å². The fourth-order valence-electron chi connectivity index (χ4n) is 2.64. The molecule has 2 N–H and O–H groups in total. The molecule has 6 heteroatoms. The second-order valence-corrected chi connectivity index (χ2v) is 7.08. The summed E-state index contributed by atoms with van der Waals surface area (Å²) in [4.78, 5) is 0. The molecular formula is C16H38FN2O2S+. The Morgan fingerprint density at radius 3 is 1.05 bits per heavy atom. The van der Waals surface area contributed by atoms with Gasteiger partial charge in [0.05, 0.1) is 26.2 Å². The molecule has 0 aliphatic rings. The third-order valence-corrected chi connectivity index (χ3v) is 3.94. The summed E-state index contributed by atoms with van der Waals surface area (Å²) in [6.07, 6.45) is 11.1. The third kappa shape index (κ3) is 17.9. The summed E-state index contributed by atoms with van der Waals surface area (Å²) >= 11 is 0. The van der Waals surface area contributed by atoms with Crippen LogP contribution < -0.4 is 5.14 Å². The maximum Gasteiger partial charge on any atom is 0.369 e. The molecule has 0 aliphatic heterocycles. The molecule has 0 aromatic rings. The van der Waals surface area contributed by atoms with E-state index in [9.17, 15) is 3.89 Å². The zero-order chi connectivity index (χ0) is 17.5. The van der Waals surface area contributed by atoms with Crippen molar-refractivity contribution in [1.82, 2.24) is 0 Å². The minimum atomic E-state index is -4.67. The fraction of sp³-hybridized carbons (Fsp3) is 1.00. The number of rotatable bonds is 12. The second kappa shape index (κ2) is 14.4. The van der Waals surface area contributed by atoms with Gasteiger partial charge in [-0.1, -0.05) is 57.3 Å². The largest absolute Gasteiger partial charge is 0.369 e. The molecule has 0 aliphatic carbocycles. The van der Waals surface area contributed by atoms with Crippen LogP contribution in [0.25, 0.3) is 0 Å². The summed E-state index contributed by atoms with van der Waals surface area (Å²) in [7, 11) is -4.67. The summed E-state index contributed by atoms with van der Waals surface area (Å²) in [5, 5.41) is 3.66. The van der Waals surface area contributed by atoms with Crippen LogP contribution in [0.5, 0.6) is 0 Å². The Morgan fingerprint density at radius 1 is 0.727 bits per heavy atom. The van der Waals surface area contributed by atoms with Gasteiger partial charge in [0, 0.05) is 0 Å². The van der Waals surface area contributed by atoms with Crippen LogP contribution in [0, 0.1) is 0 Å². The number of nitrogens with two attached hydrogens (primary N) is 1. The molecule has 22 heavy (non-hydrogen) atoms. The molecule has 4 nitrogen and oxygen atoms in total. The Bertz CT molecular complexity index is 290. The molecular weight excluding hydrogens is 303 g/mol. The van der Waals surface area contributed by atoms with Crippen LogP contribution in [-0.2, 0) is 10.4 Å². The van der Waals surface area contributed by atoms with Gasteiger partial charge in [-0.3, -0.25) is 0 Å². The first-order valence-electron chi connectivity index (χ1n) is 8.82. The van der Waals surface area contributed by atoms with E-state index in [0.29, 0.717) is 0 Å². The highest BCUT2D eigenvalue weighted by atomic mass is 32.3. The van der Waals surface area contributed by atoms with Crippen molar-refractivity contribution < 1.29 is 16.8 Å². The lowest BCUT2D eigenvalue weighted by molar-refractivity contribution is -0.929. The lowest BCUT2D eigenvalue weighted by Crippen LogP contribution is -2.50. The van der Waals surface area contributed by atoms with Crippen molar-refractivity contribution in [3.63, 3.8) is 0 Å². The molecule has 0 atom stereocenters. The van der Waals surface area contributed by atoms with E-state index >= 15 is 0 Å². The van der Waals surface area contributed by atoms with Crippen molar-refractivity contribution >= 4 is 10.4 Å². The van der Waals surface area contributed by atoms with E-state index in [0.717, 1.165) is 0 Å². The first kappa shape index (κ1) is 24.1. The Labute approximate surface area is 138 Å². The molecule has 136 valence electrons. The molecule has 0 amide bonds. The predicted molar refractivity (Wildman–Crippen MR) is 93.6 cm³/mol.